The van der Waals surface area contributed by atoms with Gasteiger partial charge in [0.15, 0.2) is 5.41 Å². The van der Waals surface area contributed by atoms with Crippen molar-refractivity contribution >= 4 is 11.9 Å². The number of alkyl halides is 3. The molecule has 5 nitrogen and oxygen atoms in total. The number of halogens is 3. The van der Waals surface area contributed by atoms with Gasteiger partial charge in [-0.2, -0.15) is 13.2 Å². The molecule has 0 bridgehead atoms. The maximum atomic E-state index is 13.2. The van der Waals surface area contributed by atoms with E-state index in [1.165, 1.54) is 4.90 Å². The van der Waals surface area contributed by atoms with Crippen molar-refractivity contribution in [3.63, 3.8) is 0 Å². The van der Waals surface area contributed by atoms with Gasteiger partial charge in [-0.3, -0.25) is 14.5 Å². The molecule has 1 unspecified atom stereocenters. The van der Waals surface area contributed by atoms with Crippen molar-refractivity contribution in [2.75, 3.05) is 26.2 Å². The largest absolute Gasteiger partial charge is 0.481 e. The summed E-state index contributed by atoms with van der Waals surface area (Å²) in [5, 5.41) is 9.06. The Hall–Kier alpha value is -2.09. The van der Waals surface area contributed by atoms with Crippen LogP contribution in [0.3, 0.4) is 0 Å². The number of aliphatic carboxylic acids is 1. The summed E-state index contributed by atoms with van der Waals surface area (Å²) >= 11 is 0. The molecule has 0 saturated carbocycles. The zero-order chi connectivity index (χ0) is 18.7. The van der Waals surface area contributed by atoms with Gasteiger partial charge in [0.1, 0.15) is 0 Å². The topological polar surface area (TPSA) is 60.9 Å². The lowest BCUT2D eigenvalue weighted by Crippen LogP contribution is -2.48. The van der Waals surface area contributed by atoms with Gasteiger partial charge in [-0.25, -0.2) is 0 Å². The van der Waals surface area contributed by atoms with E-state index in [2.05, 4.69) is 0 Å². The average Bonchev–Trinajstić information content (AvgIpc) is 2.98. The fraction of sp³-hybridized carbons (Fsp3) is 0.529. The molecule has 0 spiro atoms. The van der Waals surface area contributed by atoms with Crippen LogP contribution in [0.25, 0.3) is 0 Å². The summed E-state index contributed by atoms with van der Waals surface area (Å²) in [5.41, 5.74) is -1.86. The second kappa shape index (κ2) is 7.43. The standard InChI is InChI=1S/C17H21F3N2O3/c1-2-22(10-13-6-4-3-5-7-13)14(23)11-21-9-8-16(12-21,15(24)25)17(18,19)20/h3-7H,2,8-12H2,1H3,(H,24,25). The smallest absolute Gasteiger partial charge is 0.406 e. The van der Waals surface area contributed by atoms with Crippen molar-refractivity contribution in [3.8, 4) is 0 Å². The molecule has 0 aliphatic carbocycles. The molecule has 8 heteroatoms. The minimum Gasteiger partial charge on any atom is -0.481 e. The molecule has 0 aromatic heterocycles. The van der Waals surface area contributed by atoms with Crippen LogP contribution in [0.15, 0.2) is 30.3 Å². The van der Waals surface area contributed by atoms with E-state index in [1.807, 2.05) is 30.3 Å². The van der Waals surface area contributed by atoms with Crippen molar-refractivity contribution in [3.05, 3.63) is 35.9 Å². The molecule has 1 saturated heterocycles. The summed E-state index contributed by atoms with van der Waals surface area (Å²) in [4.78, 5) is 26.4. The molecular weight excluding hydrogens is 337 g/mol. The predicted molar refractivity (Wildman–Crippen MR) is 84.7 cm³/mol. The van der Waals surface area contributed by atoms with Gasteiger partial charge in [-0.1, -0.05) is 30.3 Å². The van der Waals surface area contributed by atoms with Crippen LogP contribution in [-0.4, -0.2) is 59.1 Å². The Labute approximate surface area is 144 Å². The molecule has 2 rings (SSSR count). The maximum absolute atomic E-state index is 13.2. The molecule has 1 aliphatic rings. The van der Waals surface area contributed by atoms with E-state index in [9.17, 15) is 22.8 Å². The summed E-state index contributed by atoms with van der Waals surface area (Å²) < 4.78 is 39.6. The number of likely N-dealkylation sites (N-methyl/N-ethyl adjacent to an activating group) is 1. The summed E-state index contributed by atoms with van der Waals surface area (Å²) in [6.45, 7) is 1.60. The van der Waals surface area contributed by atoms with E-state index in [-0.39, 0.29) is 19.0 Å². The summed E-state index contributed by atoms with van der Waals surface area (Å²) in [6.07, 6.45) is -5.38. The third-order valence-electron chi connectivity index (χ3n) is 4.61. The SMILES string of the molecule is CCN(Cc1ccccc1)C(=O)CN1CCC(C(=O)O)(C(F)(F)F)C1. The van der Waals surface area contributed by atoms with Gasteiger partial charge >= 0.3 is 12.1 Å². The second-order valence-corrected chi connectivity index (χ2v) is 6.24. The summed E-state index contributed by atoms with van der Waals surface area (Å²) in [6, 6.07) is 9.28. The highest BCUT2D eigenvalue weighted by Gasteiger charge is 2.63. The van der Waals surface area contributed by atoms with Gasteiger partial charge in [-0.05, 0) is 18.9 Å². The van der Waals surface area contributed by atoms with Crippen molar-refractivity contribution in [1.82, 2.24) is 9.80 Å². The van der Waals surface area contributed by atoms with Crippen LogP contribution < -0.4 is 0 Å². The van der Waals surface area contributed by atoms with Crippen molar-refractivity contribution in [2.24, 2.45) is 5.41 Å². The van der Waals surface area contributed by atoms with E-state index < -0.39 is 30.5 Å². The number of carboxylic acids is 1. The molecule has 1 aromatic rings. The lowest BCUT2D eigenvalue weighted by atomic mass is 9.86. The molecule has 138 valence electrons. The maximum Gasteiger partial charge on any atom is 0.406 e. The Morgan fingerprint density at radius 2 is 1.92 bits per heavy atom. The number of rotatable bonds is 6. The highest BCUT2D eigenvalue weighted by molar-refractivity contribution is 5.79. The number of carbonyl (C=O) groups is 2. The number of carboxylic acid groups (broad SMARTS) is 1. The first-order valence-corrected chi connectivity index (χ1v) is 8.04. The first-order chi connectivity index (χ1) is 11.7. The summed E-state index contributed by atoms with van der Waals surface area (Å²) in [5.74, 6) is -2.19. The Kier molecular flexibility index (Phi) is 5.72. The molecule has 1 N–H and O–H groups in total. The van der Waals surface area contributed by atoms with Crippen molar-refractivity contribution in [2.45, 2.75) is 26.1 Å². The Balaban J connectivity index is 2.02. The highest BCUT2D eigenvalue weighted by atomic mass is 19.4. The van der Waals surface area contributed by atoms with E-state index in [0.717, 1.165) is 5.56 Å². The third kappa shape index (κ3) is 4.12. The first-order valence-electron chi connectivity index (χ1n) is 8.04. The van der Waals surface area contributed by atoms with Crippen LogP contribution in [-0.2, 0) is 16.1 Å². The van der Waals surface area contributed by atoms with E-state index in [4.69, 9.17) is 5.11 Å². The fourth-order valence-corrected chi connectivity index (χ4v) is 3.02. The van der Waals surface area contributed by atoms with Gasteiger partial charge in [0.05, 0.1) is 6.54 Å². The van der Waals surface area contributed by atoms with Crippen molar-refractivity contribution < 1.29 is 27.9 Å². The lowest BCUT2D eigenvalue weighted by Gasteiger charge is -2.28. The van der Waals surface area contributed by atoms with Gasteiger partial charge in [0.25, 0.3) is 0 Å². The normalized spacial score (nSPS) is 21.3. The lowest BCUT2D eigenvalue weighted by molar-refractivity contribution is -0.227. The van der Waals surface area contributed by atoms with E-state index in [1.54, 1.807) is 11.8 Å². The zero-order valence-electron chi connectivity index (χ0n) is 13.9. The number of carbonyl (C=O) groups excluding carboxylic acids is 1. The van der Waals surface area contributed by atoms with E-state index in [0.29, 0.717) is 13.1 Å². The highest BCUT2D eigenvalue weighted by Crippen LogP contribution is 2.45. The van der Waals surface area contributed by atoms with Gasteiger partial charge in [0.2, 0.25) is 5.91 Å². The average molecular weight is 358 g/mol. The number of nitrogens with zero attached hydrogens (tertiary/aromatic N) is 2. The molecule has 1 fully saturated rings. The number of hydrogen-bond donors (Lipinski definition) is 1. The molecule has 1 amide bonds. The van der Waals surface area contributed by atoms with Crippen LogP contribution in [0.1, 0.15) is 18.9 Å². The molecule has 25 heavy (non-hydrogen) atoms. The van der Waals surface area contributed by atoms with Crippen LogP contribution >= 0.6 is 0 Å². The molecule has 0 radical (unpaired) electrons. The molecule has 1 aliphatic heterocycles. The van der Waals surface area contributed by atoms with Crippen LogP contribution in [0.5, 0.6) is 0 Å². The third-order valence-corrected chi connectivity index (χ3v) is 4.61. The van der Waals surface area contributed by atoms with Gasteiger partial charge in [-0.15, -0.1) is 0 Å². The van der Waals surface area contributed by atoms with Gasteiger partial charge in [0, 0.05) is 26.2 Å². The fourth-order valence-electron chi connectivity index (χ4n) is 3.02. The Morgan fingerprint density at radius 1 is 1.28 bits per heavy atom. The number of benzene rings is 1. The van der Waals surface area contributed by atoms with Crippen LogP contribution in [0, 0.1) is 5.41 Å². The van der Waals surface area contributed by atoms with Crippen LogP contribution in [0.2, 0.25) is 0 Å². The molecular formula is C17H21F3N2O3. The zero-order valence-corrected chi connectivity index (χ0v) is 13.9. The summed E-state index contributed by atoms with van der Waals surface area (Å²) in [7, 11) is 0. The number of hydrogen-bond acceptors (Lipinski definition) is 3. The Morgan fingerprint density at radius 3 is 2.40 bits per heavy atom. The quantitative estimate of drug-likeness (QED) is 0.848. The molecule has 1 atom stereocenters. The first kappa shape index (κ1) is 19.2. The minimum absolute atomic E-state index is 0.0690. The monoisotopic (exact) mass is 358 g/mol. The Bertz CT molecular complexity index is 621. The van der Waals surface area contributed by atoms with Gasteiger partial charge < -0.3 is 10.0 Å². The number of likely N-dealkylation sites (tertiary alicyclic amines) is 1. The second-order valence-electron chi connectivity index (χ2n) is 6.24. The molecule has 1 aromatic carbocycles. The van der Waals surface area contributed by atoms with E-state index >= 15 is 0 Å². The molecule has 1 heterocycles. The predicted octanol–water partition coefficient (Wildman–Crippen LogP) is 2.37. The number of amides is 1. The minimum atomic E-state index is -4.84. The van der Waals surface area contributed by atoms with Crippen molar-refractivity contribution in [1.29, 1.82) is 0 Å². The van der Waals surface area contributed by atoms with Crippen LogP contribution in [0.4, 0.5) is 13.2 Å².